The first-order chi connectivity index (χ1) is 18.7. The van der Waals surface area contributed by atoms with Crippen LogP contribution < -0.4 is 5.32 Å². The van der Waals surface area contributed by atoms with Gasteiger partial charge >= 0.3 is 0 Å². The van der Waals surface area contributed by atoms with E-state index >= 15 is 0 Å². The Bertz CT molecular complexity index is 1280. The molecule has 1 aliphatic rings. The van der Waals surface area contributed by atoms with Gasteiger partial charge < -0.3 is 14.9 Å². The van der Waals surface area contributed by atoms with Crippen LogP contribution in [0.2, 0.25) is 0 Å². The zero-order valence-electron chi connectivity index (χ0n) is 22.4. The number of pyridine rings is 2. The number of carbonyl (C=O) groups is 3. The number of aryl methyl sites for hydroxylation is 1. The van der Waals surface area contributed by atoms with E-state index in [4.69, 9.17) is 9.59 Å². The summed E-state index contributed by atoms with van der Waals surface area (Å²) in [6.07, 6.45) is 9.34. The van der Waals surface area contributed by atoms with Gasteiger partial charge in [-0.25, -0.2) is 0 Å². The number of likely N-dealkylation sites (tertiary alicyclic amines) is 1. The first kappa shape index (κ1) is 30.0. The lowest BCUT2D eigenvalue weighted by atomic mass is 10.0. The van der Waals surface area contributed by atoms with Crippen LogP contribution in [-0.4, -0.2) is 57.6 Å². The summed E-state index contributed by atoms with van der Waals surface area (Å²) < 4.78 is 0. The van der Waals surface area contributed by atoms with Crippen molar-refractivity contribution in [2.45, 2.75) is 46.6 Å². The second-order valence-corrected chi connectivity index (χ2v) is 8.39. The van der Waals surface area contributed by atoms with Crippen LogP contribution in [0.3, 0.4) is 0 Å². The molecule has 4 aromatic rings. The number of piperidine rings is 1. The monoisotopic (exact) mass is 516 g/mol. The molecular formula is C29H36N6O3. The van der Waals surface area contributed by atoms with Gasteiger partial charge in [0.2, 0.25) is 0 Å². The van der Waals surface area contributed by atoms with Crippen molar-refractivity contribution in [3.05, 3.63) is 71.9 Å². The van der Waals surface area contributed by atoms with E-state index in [1.807, 2.05) is 77.1 Å². The highest BCUT2D eigenvalue weighted by Crippen LogP contribution is 2.26. The molecule has 0 atom stereocenters. The minimum atomic E-state index is -0.268. The van der Waals surface area contributed by atoms with E-state index in [0.717, 1.165) is 47.4 Å². The van der Waals surface area contributed by atoms with E-state index in [-0.39, 0.29) is 5.91 Å². The van der Waals surface area contributed by atoms with Gasteiger partial charge in [-0.1, -0.05) is 26.3 Å². The molecule has 5 rings (SSSR count). The molecule has 4 heterocycles. The number of anilines is 1. The van der Waals surface area contributed by atoms with Gasteiger partial charge in [-0.15, -0.1) is 0 Å². The van der Waals surface area contributed by atoms with Gasteiger partial charge in [0.05, 0.1) is 17.4 Å². The number of nitrogens with zero attached hydrogens (tertiary/aromatic N) is 4. The summed E-state index contributed by atoms with van der Waals surface area (Å²) in [5.41, 5.74) is 5.98. The third kappa shape index (κ3) is 7.88. The SMILES string of the molecule is C=O.C=O.CC.Cc1ccc(NC(=O)c2n[nH]c3ccc(-c4cncc(CN5CCCCC5)c4)cc23)cn1. The second kappa shape index (κ2) is 15.8. The third-order valence-electron chi connectivity index (χ3n) is 5.93. The van der Waals surface area contributed by atoms with Crippen molar-refractivity contribution < 1.29 is 14.4 Å². The van der Waals surface area contributed by atoms with Crippen molar-refractivity contribution in [3.63, 3.8) is 0 Å². The first-order valence-electron chi connectivity index (χ1n) is 12.6. The van der Waals surface area contributed by atoms with Crippen molar-refractivity contribution in [2.75, 3.05) is 18.4 Å². The molecule has 9 heteroatoms. The number of fused-ring (bicyclic) bond motifs is 1. The van der Waals surface area contributed by atoms with Crippen molar-refractivity contribution in [1.82, 2.24) is 25.1 Å². The summed E-state index contributed by atoms with van der Waals surface area (Å²) in [6, 6.07) is 11.9. The molecule has 0 saturated carbocycles. The molecule has 2 N–H and O–H groups in total. The summed E-state index contributed by atoms with van der Waals surface area (Å²) in [4.78, 5) is 40.1. The van der Waals surface area contributed by atoms with E-state index in [0.29, 0.717) is 11.4 Å². The largest absolute Gasteiger partial charge is 0.319 e. The number of nitrogens with one attached hydrogen (secondary N) is 2. The lowest BCUT2D eigenvalue weighted by Gasteiger charge is -2.26. The van der Waals surface area contributed by atoms with E-state index in [1.165, 1.54) is 24.8 Å². The number of H-pyrrole nitrogens is 1. The van der Waals surface area contributed by atoms with Crippen LogP contribution in [0.4, 0.5) is 5.69 Å². The number of aromatic amines is 1. The van der Waals surface area contributed by atoms with Gasteiger partial charge in [0.25, 0.3) is 5.91 Å². The summed E-state index contributed by atoms with van der Waals surface area (Å²) in [5, 5.41) is 10.9. The number of rotatable bonds is 5. The molecule has 0 bridgehead atoms. The molecule has 0 spiro atoms. The minimum Gasteiger partial charge on any atom is -0.319 e. The molecular weight excluding hydrogens is 480 g/mol. The van der Waals surface area contributed by atoms with Gasteiger partial charge in [0.15, 0.2) is 5.69 Å². The maximum absolute atomic E-state index is 12.9. The zero-order chi connectivity index (χ0) is 27.9. The van der Waals surface area contributed by atoms with Crippen LogP contribution >= 0.6 is 0 Å². The van der Waals surface area contributed by atoms with Crippen molar-refractivity contribution in [3.8, 4) is 11.1 Å². The fourth-order valence-electron chi connectivity index (χ4n) is 4.21. The Morgan fingerprint density at radius 1 is 0.947 bits per heavy atom. The van der Waals surface area contributed by atoms with Crippen molar-refractivity contribution >= 4 is 36.1 Å². The molecule has 1 fully saturated rings. The van der Waals surface area contributed by atoms with Crippen LogP contribution in [0.1, 0.15) is 54.9 Å². The predicted octanol–water partition coefficient (Wildman–Crippen LogP) is 5.22. The molecule has 9 nitrogen and oxygen atoms in total. The van der Waals surface area contributed by atoms with E-state index in [1.54, 1.807) is 6.20 Å². The molecule has 200 valence electrons. The van der Waals surface area contributed by atoms with Gasteiger partial charge in [0, 0.05) is 35.6 Å². The van der Waals surface area contributed by atoms with Crippen LogP contribution in [-0.2, 0) is 16.1 Å². The summed E-state index contributed by atoms with van der Waals surface area (Å²) in [6.45, 7) is 13.1. The molecule has 1 saturated heterocycles. The summed E-state index contributed by atoms with van der Waals surface area (Å²) in [7, 11) is 0. The van der Waals surface area contributed by atoms with E-state index in [2.05, 4.69) is 36.4 Å². The number of carbonyl (C=O) groups excluding carboxylic acids is 3. The molecule has 0 radical (unpaired) electrons. The molecule has 0 aliphatic carbocycles. The fraction of sp³-hybridized carbons (Fsp3) is 0.310. The highest BCUT2D eigenvalue weighted by Gasteiger charge is 2.16. The zero-order valence-corrected chi connectivity index (χ0v) is 22.4. The summed E-state index contributed by atoms with van der Waals surface area (Å²) >= 11 is 0. The lowest BCUT2D eigenvalue weighted by molar-refractivity contribution is -0.0987. The van der Waals surface area contributed by atoms with Gasteiger partial charge in [-0.3, -0.25) is 24.8 Å². The van der Waals surface area contributed by atoms with Crippen molar-refractivity contribution in [1.29, 1.82) is 0 Å². The Morgan fingerprint density at radius 2 is 1.68 bits per heavy atom. The average molecular weight is 517 g/mol. The minimum absolute atomic E-state index is 0.268. The Balaban J connectivity index is 0.000000791. The molecule has 0 unspecified atom stereocenters. The van der Waals surface area contributed by atoms with Crippen LogP contribution in [0, 0.1) is 6.92 Å². The number of amides is 1. The molecule has 3 aromatic heterocycles. The Hall–Kier alpha value is -4.24. The van der Waals surface area contributed by atoms with Gasteiger partial charge in [-0.05, 0) is 74.3 Å². The average Bonchev–Trinajstić information content (AvgIpc) is 3.42. The summed E-state index contributed by atoms with van der Waals surface area (Å²) in [5.74, 6) is -0.268. The molecule has 1 amide bonds. The maximum atomic E-state index is 12.9. The topological polar surface area (TPSA) is 121 Å². The number of aromatic nitrogens is 4. The van der Waals surface area contributed by atoms with Gasteiger partial charge in [-0.2, -0.15) is 5.10 Å². The predicted molar refractivity (Wildman–Crippen MR) is 151 cm³/mol. The normalized spacial score (nSPS) is 12.6. The molecule has 1 aromatic carbocycles. The number of hydrogen-bond donors (Lipinski definition) is 2. The molecule has 38 heavy (non-hydrogen) atoms. The quantitative estimate of drug-likeness (QED) is 0.373. The number of hydrogen-bond acceptors (Lipinski definition) is 7. The molecule has 1 aliphatic heterocycles. The highest BCUT2D eigenvalue weighted by molar-refractivity contribution is 6.11. The fourth-order valence-corrected chi connectivity index (χ4v) is 4.21. The Labute approximate surface area is 223 Å². The first-order valence-corrected chi connectivity index (χ1v) is 12.6. The second-order valence-electron chi connectivity index (χ2n) is 8.39. The Morgan fingerprint density at radius 3 is 2.37 bits per heavy atom. The lowest BCUT2D eigenvalue weighted by Crippen LogP contribution is -2.29. The standard InChI is InChI=1S/C25H26N6O.C2H6.2CH2O/c1-17-5-7-21(15-27-17)28-25(32)24-22-12-19(6-8-23(22)29-30-24)20-11-18(13-26-14-20)16-31-9-3-2-4-10-31;3*1-2/h5-8,11-15H,2-4,9-10,16H2,1H3,(H,28,32)(H,29,30);1-2H3;2*1H2. The maximum Gasteiger partial charge on any atom is 0.276 e. The van der Waals surface area contributed by atoms with Crippen LogP contribution in [0.5, 0.6) is 0 Å². The van der Waals surface area contributed by atoms with Crippen LogP contribution in [0.25, 0.3) is 22.0 Å². The van der Waals surface area contributed by atoms with Crippen molar-refractivity contribution in [2.24, 2.45) is 0 Å². The smallest absolute Gasteiger partial charge is 0.276 e. The highest BCUT2D eigenvalue weighted by atomic mass is 16.2. The third-order valence-corrected chi connectivity index (χ3v) is 5.93. The van der Waals surface area contributed by atoms with Crippen LogP contribution in [0.15, 0.2) is 55.0 Å². The van der Waals surface area contributed by atoms with Gasteiger partial charge in [0.1, 0.15) is 13.6 Å². The van der Waals surface area contributed by atoms with E-state index < -0.39 is 0 Å². The number of benzene rings is 1. The Kier molecular flexibility index (Phi) is 12.5. The van der Waals surface area contributed by atoms with E-state index in [9.17, 15) is 4.79 Å².